The minimum Gasteiger partial charge on any atom is -0.353 e. The molecule has 0 spiro atoms. The molecule has 1 N–H and O–H groups in total. The maximum Gasteiger partial charge on any atom is 0.129 e. The summed E-state index contributed by atoms with van der Waals surface area (Å²) in [6.45, 7) is 6.70. The summed E-state index contributed by atoms with van der Waals surface area (Å²) >= 11 is 0. The summed E-state index contributed by atoms with van der Waals surface area (Å²) in [5.74, 6) is 1.09. The molecule has 0 saturated carbocycles. The minimum absolute atomic E-state index is 0.461. The average molecular weight is 283 g/mol. The van der Waals surface area contributed by atoms with Crippen molar-refractivity contribution in [1.29, 1.82) is 0 Å². The largest absolute Gasteiger partial charge is 0.353 e. The van der Waals surface area contributed by atoms with Crippen LogP contribution in [0.4, 0.5) is 5.82 Å². The second-order valence-corrected chi connectivity index (χ2v) is 6.26. The summed E-state index contributed by atoms with van der Waals surface area (Å²) < 4.78 is 0. The molecule has 112 valence electrons. The molecule has 1 aliphatic heterocycles. The molecule has 0 amide bonds. The van der Waals surface area contributed by atoms with E-state index in [4.69, 9.17) is 4.98 Å². The first kappa shape index (κ1) is 14.3. The van der Waals surface area contributed by atoms with Crippen LogP contribution in [0.3, 0.4) is 0 Å². The fourth-order valence-electron chi connectivity index (χ4n) is 3.10. The number of hydrogen-bond acceptors (Lipinski definition) is 3. The van der Waals surface area contributed by atoms with Crippen molar-refractivity contribution in [3.8, 4) is 0 Å². The zero-order valence-electron chi connectivity index (χ0n) is 13.0. The number of nitrogens with zero attached hydrogens (tertiary/aromatic N) is 2. The molecule has 2 aromatic rings. The van der Waals surface area contributed by atoms with E-state index in [0.717, 1.165) is 24.4 Å². The van der Waals surface area contributed by atoms with Crippen molar-refractivity contribution in [2.45, 2.75) is 45.2 Å². The molecule has 3 nitrogen and oxygen atoms in total. The Balaban J connectivity index is 1.84. The van der Waals surface area contributed by atoms with E-state index in [2.05, 4.69) is 60.5 Å². The second kappa shape index (κ2) is 6.44. The van der Waals surface area contributed by atoms with E-state index >= 15 is 0 Å². The average Bonchev–Trinajstić information content (AvgIpc) is 2.53. The summed E-state index contributed by atoms with van der Waals surface area (Å²) in [6, 6.07) is 13.7. The van der Waals surface area contributed by atoms with E-state index in [9.17, 15) is 0 Å². The number of aromatic nitrogens is 1. The fourth-order valence-corrected chi connectivity index (χ4v) is 3.10. The van der Waals surface area contributed by atoms with E-state index in [-0.39, 0.29) is 0 Å². The summed E-state index contributed by atoms with van der Waals surface area (Å²) in [7, 11) is 0. The number of rotatable bonds is 4. The summed E-state index contributed by atoms with van der Waals surface area (Å²) in [4.78, 5) is 7.29. The van der Waals surface area contributed by atoms with Gasteiger partial charge < -0.3 is 10.2 Å². The molecule has 1 unspecified atom stereocenters. The van der Waals surface area contributed by atoms with Crippen molar-refractivity contribution < 1.29 is 0 Å². The van der Waals surface area contributed by atoms with E-state index in [1.165, 1.54) is 24.6 Å². The van der Waals surface area contributed by atoms with Crippen LogP contribution in [0.5, 0.6) is 0 Å². The predicted octanol–water partition coefficient (Wildman–Crippen LogP) is 3.59. The molecule has 0 bridgehead atoms. The number of fused-ring (bicyclic) bond motifs is 1. The Morgan fingerprint density at radius 1 is 1.19 bits per heavy atom. The third-order valence-corrected chi connectivity index (χ3v) is 4.33. The topological polar surface area (TPSA) is 28.2 Å². The lowest BCUT2D eigenvalue weighted by Gasteiger charge is -2.34. The van der Waals surface area contributed by atoms with Crippen molar-refractivity contribution in [2.24, 2.45) is 0 Å². The monoisotopic (exact) mass is 283 g/mol. The van der Waals surface area contributed by atoms with Gasteiger partial charge in [-0.05, 0) is 51.4 Å². The highest BCUT2D eigenvalue weighted by Gasteiger charge is 2.19. The van der Waals surface area contributed by atoms with Crippen LogP contribution in [0.2, 0.25) is 0 Å². The number of pyridine rings is 1. The number of hydrogen-bond donors (Lipinski definition) is 1. The summed E-state index contributed by atoms with van der Waals surface area (Å²) in [5, 5.41) is 4.85. The molecule has 1 fully saturated rings. The maximum atomic E-state index is 4.86. The Kier molecular flexibility index (Phi) is 4.39. The Morgan fingerprint density at radius 3 is 2.81 bits per heavy atom. The van der Waals surface area contributed by atoms with Crippen LogP contribution in [0.25, 0.3) is 10.9 Å². The molecule has 2 heterocycles. The molecule has 1 aromatic heterocycles. The van der Waals surface area contributed by atoms with Crippen molar-refractivity contribution in [2.75, 3.05) is 18.0 Å². The molecule has 0 radical (unpaired) electrons. The van der Waals surface area contributed by atoms with Gasteiger partial charge in [-0.2, -0.15) is 0 Å². The van der Waals surface area contributed by atoms with Gasteiger partial charge in [0, 0.05) is 24.0 Å². The lowest BCUT2D eigenvalue weighted by atomic mass is 10.0. The number of benzene rings is 1. The Morgan fingerprint density at radius 2 is 2.05 bits per heavy atom. The third kappa shape index (κ3) is 3.35. The van der Waals surface area contributed by atoms with Crippen molar-refractivity contribution in [1.82, 2.24) is 10.3 Å². The van der Waals surface area contributed by atoms with Gasteiger partial charge in [-0.15, -0.1) is 0 Å². The first-order chi connectivity index (χ1) is 10.2. The fraction of sp³-hybridized carbons (Fsp3) is 0.500. The molecule has 21 heavy (non-hydrogen) atoms. The van der Waals surface area contributed by atoms with Crippen molar-refractivity contribution in [3.63, 3.8) is 0 Å². The molecule has 1 aliphatic rings. The van der Waals surface area contributed by atoms with Crippen molar-refractivity contribution in [3.05, 3.63) is 36.4 Å². The standard InChI is InChI=1S/C18H25N3/c1-14(2)21(13-16-8-5-6-12-19-16)18-11-10-15-7-3-4-9-17(15)20-18/h3-4,7,9-11,14,16,19H,5-6,8,12-13H2,1-2H3. The first-order valence-electron chi connectivity index (χ1n) is 8.10. The predicted molar refractivity (Wildman–Crippen MR) is 89.9 cm³/mol. The normalized spacial score (nSPS) is 19.1. The first-order valence-corrected chi connectivity index (χ1v) is 8.10. The second-order valence-electron chi connectivity index (χ2n) is 6.26. The molecule has 3 heteroatoms. The number of piperidine rings is 1. The van der Waals surface area contributed by atoms with Gasteiger partial charge in [-0.1, -0.05) is 24.6 Å². The van der Waals surface area contributed by atoms with Crippen LogP contribution < -0.4 is 10.2 Å². The highest BCUT2D eigenvalue weighted by atomic mass is 15.2. The Labute approximate surface area is 127 Å². The summed E-state index contributed by atoms with van der Waals surface area (Å²) in [5.41, 5.74) is 1.08. The van der Waals surface area contributed by atoms with Gasteiger partial charge in [-0.3, -0.25) is 0 Å². The van der Waals surface area contributed by atoms with Crippen LogP contribution in [0.1, 0.15) is 33.1 Å². The Hall–Kier alpha value is -1.61. The zero-order chi connectivity index (χ0) is 14.7. The molecule has 0 aliphatic carbocycles. The minimum atomic E-state index is 0.461. The number of nitrogens with one attached hydrogen (secondary N) is 1. The van der Waals surface area contributed by atoms with Crippen LogP contribution in [0.15, 0.2) is 36.4 Å². The Bertz CT molecular complexity index is 588. The molecular weight excluding hydrogens is 258 g/mol. The smallest absolute Gasteiger partial charge is 0.129 e. The molecule has 1 aromatic carbocycles. The third-order valence-electron chi connectivity index (χ3n) is 4.33. The van der Waals surface area contributed by atoms with E-state index in [0.29, 0.717) is 12.1 Å². The molecule has 1 atom stereocenters. The molecule has 1 saturated heterocycles. The quantitative estimate of drug-likeness (QED) is 0.929. The van der Waals surface area contributed by atoms with Gasteiger partial charge in [0.05, 0.1) is 5.52 Å². The van der Waals surface area contributed by atoms with Crippen LogP contribution in [-0.4, -0.2) is 30.2 Å². The SMILES string of the molecule is CC(C)N(CC1CCCCN1)c1ccc2ccccc2n1. The van der Waals surface area contributed by atoms with Gasteiger partial charge in [0.25, 0.3) is 0 Å². The van der Waals surface area contributed by atoms with Crippen LogP contribution >= 0.6 is 0 Å². The van der Waals surface area contributed by atoms with Crippen LogP contribution in [-0.2, 0) is 0 Å². The van der Waals surface area contributed by atoms with E-state index in [1.54, 1.807) is 0 Å². The van der Waals surface area contributed by atoms with Gasteiger partial charge in [0.2, 0.25) is 0 Å². The van der Waals surface area contributed by atoms with Gasteiger partial charge in [0.1, 0.15) is 5.82 Å². The van der Waals surface area contributed by atoms with E-state index < -0.39 is 0 Å². The summed E-state index contributed by atoms with van der Waals surface area (Å²) in [6.07, 6.45) is 3.93. The van der Waals surface area contributed by atoms with E-state index in [1.807, 2.05) is 0 Å². The van der Waals surface area contributed by atoms with Gasteiger partial charge >= 0.3 is 0 Å². The zero-order valence-corrected chi connectivity index (χ0v) is 13.0. The van der Waals surface area contributed by atoms with Crippen molar-refractivity contribution >= 4 is 16.7 Å². The highest BCUT2D eigenvalue weighted by molar-refractivity contribution is 5.80. The number of anilines is 1. The van der Waals surface area contributed by atoms with Gasteiger partial charge in [0.15, 0.2) is 0 Å². The molecular formula is C18H25N3. The molecule has 3 rings (SSSR count). The van der Waals surface area contributed by atoms with Gasteiger partial charge in [-0.25, -0.2) is 4.98 Å². The lowest BCUT2D eigenvalue weighted by molar-refractivity contribution is 0.393. The lowest BCUT2D eigenvalue weighted by Crippen LogP contribution is -2.46. The number of para-hydroxylation sites is 1. The van der Waals surface area contributed by atoms with Crippen LogP contribution in [0, 0.1) is 0 Å². The highest BCUT2D eigenvalue weighted by Crippen LogP contribution is 2.21. The maximum absolute atomic E-state index is 4.86.